The molecule has 2 saturated carbocycles. The van der Waals surface area contributed by atoms with Gasteiger partial charge in [0.1, 0.15) is 23.0 Å². The van der Waals surface area contributed by atoms with Crippen LogP contribution in [0.2, 0.25) is 0 Å². The van der Waals surface area contributed by atoms with Crippen molar-refractivity contribution in [3.8, 4) is 11.5 Å². The first-order valence-electron chi connectivity index (χ1n) is 12.8. The summed E-state index contributed by atoms with van der Waals surface area (Å²) in [5.74, 6) is 3.16. The van der Waals surface area contributed by atoms with Crippen LogP contribution >= 0.6 is 0 Å². The number of rotatable bonds is 8. The summed E-state index contributed by atoms with van der Waals surface area (Å²) in [6, 6.07) is 11.0. The van der Waals surface area contributed by atoms with Crippen molar-refractivity contribution >= 4 is 34.4 Å². The van der Waals surface area contributed by atoms with Gasteiger partial charge in [0, 0.05) is 45.0 Å². The van der Waals surface area contributed by atoms with E-state index < -0.39 is 0 Å². The van der Waals surface area contributed by atoms with Crippen molar-refractivity contribution in [3.63, 3.8) is 0 Å². The number of hydrogen-bond donors (Lipinski definition) is 2. The Bertz CT molecular complexity index is 1550. The van der Waals surface area contributed by atoms with E-state index in [0.29, 0.717) is 40.8 Å². The van der Waals surface area contributed by atoms with Crippen LogP contribution in [0, 0.1) is 5.92 Å². The third kappa shape index (κ3) is 4.94. The molecule has 0 aliphatic heterocycles. The van der Waals surface area contributed by atoms with Crippen LogP contribution in [0.15, 0.2) is 53.6 Å². The molecule has 0 atom stereocenters. The van der Waals surface area contributed by atoms with Crippen molar-refractivity contribution in [3.05, 3.63) is 64.7 Å². The van der Waals surface area contributed by atoms with E-state index in [0.717, 1.165) is 17.6 Å². The molecule has 37 heavy (non-hydrogen) atoms. The maximum atomic E-state index is 13.3. The second kappa shape index (κ2) is 9.38. The van der Waals surface area contributed by atoms with E-state index in [1.807, 2.05) is 40.4 Å². The van der Waals surface area contributed by atoms with Gasteiger partial charge in [-0.25, -0.2) is 9.97 Å². The third-order valence-electron chi connectivity index (χ3n) is 7.21. The number of aryl methyl sites for hydroxylation is 1. The Labute approximate surface area is 214 Å². The maximum Gasteiger partial charge on any atom is 0.274 e. The van der Waals surface area contributed by atoms with Gasteiger partial charge in [-0.2, -0.15) is 0 Å². The second-order valence-corrected chi connectivity index (χ2v) is 10.1. The molecule has 0 unspecified atom stereocenters. The molecule has 0 spiro atoms. The summed E-state index contributed by atoms with van der Waals surface area (Å²) in [6.45, 7) is 2.22. The zero-order valence-electron chi connectivity index (χ0n) is 21.0. The van der Waals surface area contributed by atoms with E-state index in [9.17, 15) is 9.59 Å². The topological polar surface area (TPSA) is 103 Å². The molecule has 2 N–H and O–H groups in total. The maximum absolute atomic E-state index is 13.3. The van der Waals surface area contributed by atoms with Crippen LogP contribution < -0.4 is 20.9 Å². The minimum absolute atomic E-state index is 0.0000371. The largest absolute Gasteiger partial charge is 0.457 e. The lowest BCUT2D eigenvalue weighted by molar-refractivity contribution is -0.114. The Hall–Kier alpha value is -4.14. The molecule has 1 aromatic carbocycles. The van der Waals surface area contributed by atoms with Gasteiger partial charge in [0.05, 0.1) is 11.0 Å². The molecule has 2 aliphatic rings. The van der Waals surface area contributed by atoms with Crippen LogP contribution in [0.1, 0.15) is 50.5 Å². The highest BCUT2D eigenvalue weighted by Gasteiger charge is 2.27. The van der Waals surface area contributed by atoms with Gasteiger partial charge >= 0.3 is 0 Å². The smallest absolute Gasteiger partial charge is 0.274 e. The number of benzene rings is 1. The van der Waals surface area contributed by atoms with Gasteiger partial charge < -0.3 is 24.5 Å². The minimum Gasteiger partial charge on any atom is -0.457 e. The molecule has 3 heterocycles. The summed E-state index contributed by atoms with van der Waals surface area (Å²) in [4.78, 5) is 33.5. The highest BCUT2D eigenvalue weighted by atomic mass is 16.5. The van der Waals surface area contributed by atoms with Crippen molar-refractivity contribution in [1.29, 1.82) is 0 Å². The summed E-state index contributed by atoms with van der Waals surface area (Å²) < 4.78 is 9.85. The van der Waals surface area contributed by atoms with Crippen LogP contribution in [0.5, 0.6) is 11.5 Å². The summed E-state index contributed by atoms with van der Waals surface area (Å²) in [6.07, 6.45) is 9.67. The number of fused-ring (bicyclic) bond motifs is 1. The number of ether oxygens (including phenoxy) is 1. The highest BCUT2D eigenvalue weighted by Crippen LogP contribution is 2.40. The molecular formula is C28H30N6O3. The predicted molar refractivity (Wildman–Crippen MR) is 143 cm³/mol. The molecule has 0 radical (unpaired) electrons. The molecule has 6 rings (SSSR count). The Balaban J connectivity index is 1.27. The molecule has 2 fully saturated rings. The van der Waals surface area contributed by atoms with E-state index in [-0.39, 0.29) is 11.5 Å². The van der Waals surface area contributed by atoms with E-state index in [4.69, 9.17) is 9.72 Å². The van der Waals surface area contributed by atoms with Crippen molar-refractivity contribution < 1.29 is 9.53 Å². The molecular weight excluding hydrogens is 468 g/mol. The lowest BCUT2D eigenvalue weighted by Gasteiger charge is -2.26. The number of hydrogen-bond acceptors (Lipinski definition) is 6. The number of nitrogens with one attached hydrogen (secondary N) is 2. The SMILES string of the molecule is CC(=O)Nc1cc(Oc2ccc3nc(Nc4cc(C5CC5)cn(CC5CCC5)c4=O)n(C)c3c2)ccn1. The van der Waals surface area contributed by atoms with Gasteiger partial charge in [-0.05, 0) is 67.3 Å². The van der Waals surface area contributed by atoms with Crippen LogP contribution in [-0.4, -0.2) is 25.0 Å². The molecule has 0 bridgehead atoms. The fourth-order valence-electron chi connectivity index (χ4n) is 4.80. The van der Waals surface area contributed by atoms with E-state index in [2.05, 4.69) is 21.8 Å². The Kier molecular flexibility index (Phi) is 5.90. The van der Waals surface area contributed by atoms with Gasteiger partial charge in [-0.1, -0.05) is 6.42 Å². The molecule has 190 valence electrons. The number of nitrogens with zero attached hydrogens (tertiary/aromatic N) is 4. The van der Waals surface area contributed by atoms with E-state index >= 15 is 0 Å². The van der Waals surface area contributed by atoms with Crippen LogP contribution in [0.3, 0.4) is 0 Å². The zero-order chi connectivity index (χ0) is 25.5. The van der Waals surface area contributed by atoms with Crippen molar-refractivity contribution in [1.82, 2.24) is 19.1 Å². The monoisotopic (exact) mass is 498 g/mol. The Morgan fingerprint density at radius 2 is 1.92 bits per heavy atom. The Morgan fingerprint density at radius 1 is 1.11 bits per heavy atom. The second-order valence-electron chi connectivity index (χ2n) is 10.1. The number of carbonyl (C=O) groups excluding carboxylic acids is 1. The minimum atomic E-state index is -0.196. The predicted octanol–water partition coefficient (Wildman–Crippen LogP) is 5.30. The lowest BCUT2D eigenvalue weighted by Crippen LogP contribution is -2.28. The molecule has 3 aromatic heterocycles. The van der Waals surface area contributed by atoms with E-state index in [1.165, 1.54) is 44.6 Å². The van der Waals surface area contributed by atoms with Gasteiger partial charge in [0.15, 0.2) is 0 Å². The summed E-state index contributed by atoms with van der Waals surface area (Å²) >= 11 is 0. The highest BCUT2D eigenvalue weighted by molar-refractivity contribution is 5.87. The average Bonchev–Trinajstić information content (AvgIpc) is 3.64. The van der Waals surface area contributed by atoms with Crippen LogP contribution in [-0.2, 0) is 18.4 Å². The average molecular weight is 499 g/mol. The number of aromatic nitrogens is 4. The number of carbonyl (C=O) groups is 1. The van der Waals surface area contributed by atoms with E-state index in [1.54, 1.807) is 18.3 Å². The molecule has 1 amide bonds. The number of imidazole rings is 1. The number of anilines is 3. The number of amides is 1. The first-order chi connectivity index (χ1) is 17.9. The Morgan fingerprint density at radius 3 is 2.65 bits per heavy atom. The van der Waals surface area contributed by atoms with Gasteiger partial charge in [-0.3, -0.25) is 9.59 Å². The van der Waals surface area contributed by atoms with Crippen LogP contribution in [0.4, 0.5) is 17.5 Å². The van der Waals surface area contributed by atoms with Gasteiger partial charge in [0.2, 0.25) is 11.9 Å². The first-order valence-corrected chi connectivity index (χ1v) is 12.8. The molecule has 9 nitrogen and oxygen atoms in total. The fourth-order valence-corrected chi connectivity index (χ4v) is 4.80. The molecule has 4 aromatic rings. The quantitative estimate of drug-likeness (QED) is 0.342. The van der Waals surface area contributed by atoms with Gasteiger partial charge in [-0.15, -0.1) is 0 Å². The zero-order valence-corrected chi connectivity index (χ0v) is 21.0. The summed E-state index contributed by atoms with van der Waals surface area (Å²) in [5.41, 5.74) is 3.45. The summed E-state index contributed by atoms with van der Waals surface area (Å²) in [7, 11) is 1.92. The normalized spacial score (nSPS) is 15.4. The van der Waals surface area contributed by atoms with Crippen LogP contribution in [0.25, 0.3) is 11.0 Å². The van der Waals surface area contributed by atoms with Crippen molar-refractivity contribution in [2.75, 3.05) is 10.6 Å². The summed E-state index contributed by atoms with van der Waals surface area (Å²) in [5, 5.41) is 5.98. The van der Waals surface area contributed by atoms with Gasteiger partial charge in [0.25, 0.3) is 5.56 Å². The molecule has 9 heteroatoms. The third-order valence-corrected chi connectivity index (χ3v) is 7.21. The molecule has 2 aliphatic carbocycles. The van der Waals surface area contributed by atoms with Crippen molar-refractivity contribution in [2.45, 2.75) is 51.5 Å². The number of pyridine rings is 2. The fraction of sp³-hybridized carbons (Fsp3) is 0.357. The first kappa shape index (κ1) is 23.3. The molecule has 0 saturated heterocycles. The standard InChI is InChI=1S/C28H30N6O3/c1-17(35)30-26-14-22(10-11-29-26)37-21-8-9-23-25(13-21)33(2)28(31-23)32-24-12-20(19-6-7-19)16-34(27(24)36)15-18-4-3-5-18/h8-14,16,18-19H,3-7,15H2,1-2H3,(H,31,32)(H,29,30,35). The van der Waals surface area contributed by atoms with Crippen molar-refractivity contribution in [2.24, 2.45) is 13.0 Å². The lowest BCUT2D eigenvalue weighted by atomic mass is 9.85.